The van der Waals surface area contributed by atoms with Crippen molar-refractivity contribution in [2.24, 2.45) is 7.05 Å². The zero-order valence-corrected chi connectivity index (χ0v) is 15.3. The SMILES string of the molecule is CN(C)CCN(C(=O)c1ccnn1C)c1nc2c(Cl)cccc2s1. The third-order valence-corrected chi connectivity index (χ3v) is 4.99. The molecule has 0 aliphatic carbocycles. The molecule has 0 saturated carbocycles. The highest BCUT2D eigenvalue weighted by atomic mass is 35.5. The van der Waals surface area contributed by atoms with E-state index in [9.17, 15) is 4.79 Å². The van der Waals surface area contributed by atoms with Crippen molar-refractivity contribution in [1.29, 1.82) is 0 Å². The number of likely N-dealkylation sites (N-methyl/N-ethyl adjacent to an activating group) is 1. The molecule has 2 aromatic heterocycles. The highest BCUT2D eigenvalue weighted by Crippen LogP contribution is 2.33. The molecule has 2 heterocycles. The lowest BCUT2D eigenvalue weighted by Gasteiger charge is -2.21. The maximum atomic E-state index is 13.0. The molecule has 0 spiro atoms. The van der Waals surface area contributed by atoms with E-state index in [1.165, 1.54) is 11.3 Å². The van der Waals surface area contributed by atoms with Crippen LogP contribution in [0.25, 0.3) is 10.2 Å². The molecule has 0 atom stereocenters. The summed E-state index contributed by atoms with van der Waals surface area (Å²) < 4.78 is 2.54. The van der Waals surface area contributed by atoms with Gasteiger partial charge in [0.1, 0.15) is 11.2 Å². The Bertz CT molecular complexity index is 872. The van der Waals surface area contributed by atoms with Gasteiger partial charge >= 0.3 is 0 Å². The standard InChI is InChI=1S/C16H18ClN5OS/c1-20(2)9-10-22(15(23)12-7-8-18-21(12)3)16-19-14-11(17)5-4-6-13(14)24-16/h4-8H,9-10H2,1-3H3. The number of hydrogen-bond acceptors (Lipinski definition) is 5. The molecule has 3 rings (SSSR count). The van der Waals surface area contributed by atoms with E-state index in [2.05, 4.69) is 10.1 Å². The number of thiazole rings is 1. The molecule has 3 aromatic rings. The van der Waals surface area contributed by atoms with Gasteiger partial charge in [-0.3, -0.25) is 14.4 Å². The maximum absolute atomic E-state index is 13.0. The van der Waals surface area contributed by atoms with Crippen LogP contribution in [0.3, 0.4) is 0 Å². The molecule has 0 aliphatic rings. The Balaban J connectivity index is 2.01. The molecule has 126 valence electrons. The highest BCUT2D eigenvalue weighted by Gasteiger charge is 2.23. The molecular formula is C16H18ClN5OS. The van der Waals surface area contributed by atoms with E-state index in [-0.39, 0.29) is 5.91 Å². The molecule has 1 amide bonds. The van der Waals surface area contributed by atoms with Crippen molar-refractivity contribution in [3.05, 3.63) is 41.2 Å². The van der Waals surface area contributed by atoms with Gasteiger partial charge in [-0.15, -0.1) is 0 Å². The van der Waals surface area contributed by atoms with E-state index in [0.29, 0.717) is 22.4 Å². The number of rotatable bonds is 5. The molecule has 6 nitrogen and oxygen atoms in total. The van der Waals surface area contributed by atoms with Gasteiger partial charge in [0.05, 0.1) is 9.72 Å². The summed E-state index contributed by atoms with van der Waals surface area (Å²) in [6, 6.07) is 7.37. The van der Waals surface area contributed by atoms with Crippen molar-refractivity contribution in [1.82, 2.24) is 19.7 Å². The van der Waals surface area contributed by atoms with Gasteiger partial charge in [0.25, 0.3) is 5.91 Å². The van der Waals surface area contributed by atoms with Crippen LogP contribution in [0.4, 0.5) is 5.13 Å². The third kappa shape index (κ3) is 3.28. The molecule has 0 radical (unpaired) electrons. The molecule has 0 N–H and O–H groups in total. The van der Waals surface area contributed by atoms with Crippen LogP contribution in [-0.2, 0) is 7.05 Å². The lowest BCUT2D eigenvalue weighted by molar-refractivity contribution is 0.0976. The first-order valence-corrected chi connectivity index (χ1v) is 8.66. The van der Waals surface area contributed by atoms with Gasteiger partial charge in [-0.2, -0.15) is 5.10 Å². The van der Waals surface area contributed by atoms with Crippen LogP contribution in [0.5, 0.6) is 0 Å². The van der Waals surface area contributed by atoms with Crippen LogP contribution in [0, 0.1) is 0 Å². The summed E-state index contributed by atoms with van der Waals surface area (Å²) in [4.78, 5) is 21.3. The number of nitrogens with zero attached hydrogens (tertiary/aromatic N) is 5. The second kappa shape index (κ2) is 6.88. The fourth-order valence-corrected chi connectivity index (χ4v) is 3.61. The van der Waals surface area contributed by atoms with Gasteiger partial charge in [0, 0.05) is 26.3 Å². The van der Waals surface area contributed by atoms with Crippen molar-refractivity contribution in [3.8, 4) is 0 Å². The molecule has 8 heteroatoms. The second-order valence-electron chi connectivity index (χ2n) is 5.68. The summed E-state index contributed by atoms with van der Waals surface area (Å²) >= 11 is 7.69. The van der Waals surface area contributed by atoms with E-state index in [1.54, 1.807) is 35.0 Å². The van der Waals surface area contributed by atoms with Crippen molar-refractivity contribution >= 4 is 44.2 Å². The summed E-state index contributed by atoms with van der Waals surface area (Å²) in [6.45, 7) is 1.27. The molecule has 0 aliphatic heterocycles. The van der Waals surface area contributed by atoms with E-state index >= 15 is 0 Å². The van der Waals surface area contributed by atoms with Crippen LogP contribution < -0.4 is 4.90 Å². The van der Waals surface area contributed by atoms with Gasteiger partial charge in [-0.05, 0) is 32.3 Å². The first kappa shape index (κ1) is 16.9. The average molecular weight is 364 g/mol. The minimum Gasteiger partial charge on any atom is -0.308 e. The number of carbonyl (C=O) groups is 1. The summed E-state index contributed by atoms with van der Waals surface area (Å²) in [7, 11) is 5.70. The third-order valence-electron chi connectivity index (χ3n) is 3.65. The average Bonchev–Trinajstić information content (AvgIpc) is 3.14. The zero-order valence-electron chi connectivity index (χ0n) is 13.7. The van der Waals surface area contributed by atoms with Crippen LogP contribution >= 0.6 is 22.9 Å². The van der Waals surface area contributed by atoms with Gasteiger partial charge in [0.15, 0.2) is 5.13 Å². The topological polar surface area (TPSA) is 54.3 Å². The zero-order chi connectivity index (χ0) is 17.3. The summed E-state index contributed by atoms with van der Waals surface area (Å²) in [5.41, 5.74) is 1.26. The van der Waals surface area contributed by atoms with Gasteiger partial charge in [-0.25, -0.2) is 4.98 Å². The Kier molecular flexibility index (Phi) is 4.84. The fraction of sp³-hybridized carbons (Fsp3) is 0.312. The highest BCUT2D eigenvalue weighted by molar-refractivity contribution is 7.22. The lowest BCUT2D eigenvalue weighted by atomic mass is 10.3. The monoisotopic (exact) mass is 363 g/mol. The van der Waals surface area contributed by atoms with E-state index in [4.69, 9.17) is 11.6 Å². The predicted molar refractivity (Wildman–Crippen MR) is 98.1 cm³/mol. The van der Waals surface area contributed by atoms with Crippen molar-refractivity contribution in [2.75, 3.05) is 32.1 Å². The fourth-order valence-electron chi connectivity index (χ4n) is 2.32. The predicted octanol–water partition coefficient (Wildman–Crippen LogP) is 2.89. The van der Waals surface area contributed by atoms with Crippen molar-refractivity contribution in [3.63, 3.8) is 0 Å². The van der Waals surface area contributed by atoms with E-state index < -0.39 is 0 Å². The van der Waals surface area contributed by atoms with Crippen LogP contribution in [-0.4, -0.2) is 52.8 Å². The Hall–Kier alpha value is -1.96. The van der Waals surface area contributed by atoms with Crippen LogP contribution in [0.2, 0.25) is 5.02 Å². The number of halogens is 1. The molecular weight excluding hydrogens is 346 g/mol. The van der Waals surface area contributed by atoms with E-state index in [1.807, 2.05) is 31.1 Å². The van der Waals surface area contributed by atoms with Gasteiger partial charge < -0.3 is 4.90 Å². The Labute approximate surface area is 149 Å². The van der Waals surface area contributed by atoms with Crippen LogP contribution in [0.1, 0.15) is 10.5 Å². The number of amides is 1. The Morgan fingerprint density at radius 2 is 2.08 bits per heavy atom. The van der Waals surface area contributed by atoms with E-state index in [0.717, 1.165) is 16.8 Å². The first-order valence-electron chi connectivity index (χ1n) is 7.47. The second-order valence-corrected chi connectivity index (χ2v) is 7.10. The number of fused-ring (bicyclic) bond motifs is 1. The molecule has 1 aromatic carbocycles. The number of aryl methyl sites for hydroxylation is 1. The first-order chi connectivity index (χ1) is 11.5. The van der Waals surface area contributed by atoms with Gasteiger partial charge in [-0.1, -0.05) is 29.0 Å². The Morgan fingerprint density at radius 1 is 1.29 bits per heavy atom. The normalized spacial score (nSPS) is 11.4. The number of benzene rings is 1. The summed E-state index contributed by atoms with van der Waals surface area (Å²) in [5.74, 6) is -0.118. The van der Waals surface area contributed by atoms with Crippen molar-refractivity contribution in [2.45, 2.75) is 0 Å². The maximum Gasteiger partial charge on any atom is 0.278 e. The lowest BCUT2D eigenvalue weighted by Crippen LogP contribution is -2.37. The number of anilines is 1. The largest absolute Gasteiger partial charge is 0.308 e. The Morgan fingerprint density at radius 3 is 2.71 bits per heavy atom. The number of carbonyl (C=O) groups excluding carboxylic acids is 1. The van der Waals surface area contributed by atoms with Gasteiger partial charge in [0.2, 0.25) is 0 Å². The number of aromatic nitrogens is 3. The quantitative estimate of drug-likeness (QED) is 0.699. The molecule has 24 heavy (non-hydrogen) atoms. The van der Waals surface area contributed by atoms with Crippen LogP contribution in [0.15, 0.2) is 30.5 Å². The summed E-state index contributed by atoms with van der Waals surface area (Å²) in [6.07, 6.45) is 1.62. The minimum atomic E-state index is -0.118. The molecule has 0 bridgehead atoms. The van der Waals surface area contributed by atoms with Crippen molar-refractivity contribution < 1.29 is 4.79 Å². The smallest absolute Gasteiger partial charge is 0.278 e. The molecule has 0 fully saturated rings. The molecule has 0 unspecified atom stereocenters. The molecule has 0 saturated heterocycles. The summed E-state index contributed by atoms with van der Waals surface area (Å²) in [5, 5.41) is 5.32. The number of para-hydroxylation sites is 1. The minimum absolute atomic E-state index is 0.118. The number of hydrogen-bond donors (Lipinski definition) is 0.